The second kappa shape index (κ2) is 9.49. The molecular formula is C22H30N4O3. The van der Waals surface area contributed by atoms with Crippen molar-refractivity contribution in [1.82, 2.24) is 15.2 Å². The summed E-state index contributed by atoms with van der Waals surface area (Å²) in [6.45, 7) is 6.29. The number of benzene rings is 1. The van der Waals surface area contributed by atoms with Crippen LogP contribution in [0, 0.1) is 0 Å². The molecule has 0 saturated heterocycles. The topological polar surface area (TPSA) is 68.2 Å². The molecule has 2 aromatic rings. The Morgan fingerprint density at radius 3 is 2.48 bits per heavy atom. The zero-order chi connectivity index (χ0) is 20.8. The zero-order valence-corrected chi connectivity index (χ0v) is 17.9. The third kappa shape index (κ3) is 5.10. The van der Waals surface area contributed by atoms with Crippen molar-refractivity contribution in [3.63, 3.8) is 0 Å². The van der Waals surface area contributed by atoms with E-state index in [0.29, 0.717) is 12.4 Å². The Morgan fingerprint density at radius 1 is 1.17 bits per heavy atom. The van der Waals surface area contributed by atoms with Crippen LogP contribution in [-0.2, 0) is 19.5 Å². The van der Waals surface area contributed by atoms with E-state index in [9.17, 15) is 0 Å². The molecule has 0 spiro atoms. The molecule has 0 radical (unpaired) electrons. The van der Waals surface area contributed by atoms with Crippen molar-refractivity contribution in [2.45, 2.75) is 39.5 Å². The minimum Gasteiger partial charge on any atom is -0.493 e. The molecule has 2 heterocycles. The Morgan fingerprint density at radius 2 is 1.90 bits per heavy atom. The highest BCUT2D eigenvalue weighted by molar-refractivity contribution is 5.80. The third-order valence-electron chi connectivity index (χ3n) is 4.83. The van der Waals surface area contributed by atoms with Gasteiger partial charge in [0.25, 0.3) is 0 Å². The third-order valence-corrected chi connectivity index (χ3v) is 4.83. The van der Waals surface area contributed by atoms with Gasteiger partial charge < -0.3 is 24.4 Å². The molecule has 0 amide bonds. The van der Waals surface area contributed by atoms with Crippen molar-refractivity contribution in [2.24, 2.45) is 4.99 Å². The molecular weight excluding hydrogens is 368 g/mol. The van der Waals surface area contributed by atoms with Gasteiger partial charge in [0, 0.05) is 38.9 Å². The van der Waals surface area contributed by atoms with Crippen molar-refractivity contribution in [1.29, 1.82) is 0 Å². The summed E-state index contributed by atoms with van der Waals surface area (Å²) in [5.41, 5.74) is 3.60. The molecule has 0 bridgehead atoms. The monoisotopic (exact) mass is 398 g/mol. The van der Waals surface area contributed by atoms with Crippen molar-refractivity contribution < 1.29 is 14.2 Å². The van der Waals surface area contributed by atoms with Crippen LogP contribution in [0.3, 0.4) is 0 Å². The van der Waals surface area contributed by atoms with Crippen LogP contribution in [0.1, 0.15) is 30.5 Å². The van der Waals surface area contributed by atoms with E-state index in [4.69, 9.17) is 14.2 Å². The van der Waals surface area contributed by atoms with Gasteiger partial charge in [-0.05, 0) is 49.1 Å². The fraction of sp³-hybridized carbons (Fsp3) is 0.455. The van der Waals surface area contributed by atoms with Gasteiger partial charge in [-0.25, -0.2) is 4.98 Å². The van der Waals surface area contributed by atoms with Gasteiger partial charge in [0.2, 0.25) is 5.88 Å². The van der Waals surface area contributed by atoms with Crippen molar-refractivity contribution >= 4 is 5.96 Å². The molecule has 7 nitrogen and oxygen atoms in total. The smallest absolute Gasteiger partial charge is 0.213 e. The molecule has 156 valence electrons. The van der Waals surface area contributed by atoms with E-state index >= 15 is 0 Å². The quantitative estimate of drug-likeness (QED) is 0.596. The first-order chi connectivity index (χ1) is 14.0. The number of guanidine groups is 1. The summed E-state index contributed by atoms with van der Waals surface area (Å²) in [6.07, 6.45) is 2.88. The number of nitrogens with one attached hydrogen (secondary N) is 1. The predicted molar refractivity (Wildman–Crippen MR) is 114 cm³/mol. The van der Waals surface area contributed by atoms with Gasteiger partial charge in [0.15, 0.2) is 17.5 Å². The molecule has 0 fully saturated rings. The van der Waals surface area contributed by atoms with E-state index < -0.39 is 0 Å². The van der Waals surface area contributed by atoms with Gasteiger partial charge >= 0.3 is 0 Å². The lowest BCUT2D eigenvalue weighted by Gasteiger charge is -2.32. The summed E-state index contributed by atoms with van der Waals surface area (Å²) >= 11 is 0. The summed E-state index contributed by atoms with van der Waals surface area (Å²) < 4.78 is 16.5. The Hall–Kier alpha value is -2.96. The number of nitrogens with zero attached hydrogens (tertiary/aromatic N) is 3. The highest BCUT2D eigenvalue weighted by Gasteiger charge is 2.21. The lowest BCUT2D eigenvalue weighted by molar-refractivity contribution is 0.232. The van der Waals surface area contributed by atoms with E-state index in [0.717, 1.165) is 42.5 Å². The largest absolute Gasteiger partial charge is 0.493 e. The minimum atomic E-state index is 0.117. The van der Waals surface area contributed by atoms with E-state index in [1.54, 1.807) is 14.2 Å². The van der Waals surface area contributed by atoms with E-state index in [2.05, 4.69) is 32.3 Å². The molecule has 7 heteroatoms. The maximum atomic E-state index is 5.60. The Labute approximate surface area is 172 Å². The Bertz CT molecular complexity index is 850. The number of rotatable bonds is 6. The number of methoxy groups -OCH3 is 2. The van der Waals surface area contributed by atoms with Gasteiger partial charge in [-0.2, -0.15) is 0 Å². The standard InChI is InChI=1S/C22H30N4O3/c1-15(2)29-21-7-6-16(12-24-21)13-25-22(23-3)26-9-8-17-10-19(27-4)20(28-5)11-18(17)14-26/h6-7,10-12,15H,8-9,13-14H2,1-5H3,(H,23,25). The Kier molecular flexibility index (Phi) is 6.80. The van der Waals surface area contributed by atoms with Gasteiger partial charge in [-0.15, -0.1) is 0 Å². The van der Waals surface area contributed by atoms with Crippen LogP contribution >= 0.6 is 0 Å². The highest BCUT2D eigenvalue weighted by atomic mass is 16.5. The molecule has 1 aliphatic heterocycles. The molecule has 3 rings (SSSR count). The molecule has 0 aliphatic carbocycles. The number of fused-ring (bicyclic) bond motifs is 1. The molecule has 1 N–H and O–H groups in total. The van der Waals surface area contributed by atoms with Gasteiger partial charge in [-0.1, -0.05) is 6.07 Å². The minimum absolute atomic E-state index is 0.117. The van der Waals surface area contributed by atoms with E-state index in [-0.39, 0.29) is 6.10 Å². The maximum absolute atomic E-state index is 5.60. The van der Waals surface area contributed by atoms with E-state index in [1.165, 1.54) is 11.1 Å². The average Bonchev–Trinajstić information content (AvgIpc) is 2.73. The van der Waals surface area contributed by atoms with Crippen molar-refractivity contribution in [2.75, 3.05) is 27.8 Å². The van der Waals surface area contributed by atoms with Gasteiger partial charge in [-0.3, -0.25) is 4.99 Å². The molecule has 0 saturated carbocycles. The number of pyridine rings is 1. The lowest BCUT2D eigenvalue weighted by Crippen LogP contribution is -2.43. The molecule has 0 unspecified atom stereocenters. The molecule has 1 aromatic carbocycles. The van der Waals surface area contributed by atoms with Crippen LogP contribution in [0.15, 0.2) is 35.5 Å². The number of hydrogen-bond donors (Lipinski definition) is 1. The molecule has 0 atom stereocenters. The summed E-state index contributed by atoms with van der Waals surface area (Å²) in [5.74, 6) is 3.04. The number of aliphatic imine (C=N–C) groups is 1. The SMILES string of the molecule is CN=C(NCc1ccc(OC(C)C)nc1)N1CCc2cc(OC)c(OC)cc2C1. The molecule has 1 aromatic heterocycles. The zero-order valence-electron chi connectivity index (χ0n) is 17.9. The maximum Gasteiger partial charge on any atom is 0.213 e. The normalized spacial score (nSPS) is 13.9. The number of ether oxygens (including phenoxy) is 3. The first-order valence-electron chi connectivity index (χ1n) is 9.85. The molecule has 1 aliphatic rings. The summed E-state index contributed by atoms with van der Waals surface area (Å²) in [6, 6.07) is 8.06. The average molecular weight is 399 g/mol. The summed E-state index contributed by atoms with van der Waals surface area (Å²) in [5, 5.41) is 3.44. The van der Waals surface area contributed by atoms with Gasteiger partial charge in [0.05, 0.1) is 20.3 Å². The lowest BCUT2D eigenvalue weighted by atomic mass is 9.99. The predicted octanol–water partition coefficient (Wildman–Crippen LogP) is 3.02. The summed E-state index contributed by atoms with van der Waals surface area (Å²) in [4.78, 5) is 11.1. The van der Waals surface area contributed by atoms with Crippen LogP contribution in [0.4, 0.5) is 0 Å². The Balaban J connectivity index is 1.64. The number of aromatic nitrogens is 1. The molecule has 29 heavy (non-hydrogen) atoms. The second-order valence-electron chi connectivity index (χ2n) is 7.22. The van der Waals surface area contributed by atoms with Crippen LogP contribution in [0.25, 0.3) is 0 Å². The second-order valence-corrected chi connectivity index (χ2v) is 7.22. The van der Waals surface area contributed by atoms with Gasteiger partial charge in [0.1, 0.15) is 0 Å². The van der Waals surface area contributed by atoms with Crippen LogP contribution in [0.2, 0.25) is 0 Å². The number of hydrogen-bond acceptors (Lipinski definition) is 5. The highest BCUT2D eigenvalue weighted by Crippen LogP contribution is 2.33. The van der Waals surface area contributed by atoms with Crippen molar-refractivity contribution in [3.8, 4) is 17.4 Å². The first-order valence-corrected chi connectivity index (χ1v) is 9.85. The summed E-state index contributed by atoms with van der Waals surface area (Å²) in [7, 11) is 5.14. The van der Waals surface area contributed by atoms with E-state index in [1.807, 2.05) is 39.2 Å². The van der Waals surface area contributed by atoms with Crippen LogP contribution < -0.4 is 19.5 Å². The van der Waals surface area contributed by atoms with Crippen LogP contribution in [0.5, 0.6) is 17.4 Å². The van der Waals surface area contributed by atoms with Crippen molar-refractivity contribution in [3.05, 3.63) is 47.2 Å². The fourth-order valence-electron chi connectivity index (χ4n) is 3.40. The fourth-order valence-corrected chi connectivity index (χ4v) is 3.40. The first kappa shape index (κ1) is 20.8. The van der Waals surface area contributed by atoms with Crippen LogP contribution in [-0.4, -0.2) is 49.8 Å².